The predicted molar refractivity (Wildman–Crippen MR) is 60.9 cm³/mol. The maximum absolute atomic E-state index is 3.87. The Morgan fingerprint density at radius 3 is 2.00 bits per heavy atom. The molecule has 0 heterocycles. The third kappa shape index (κ3) is 1.84. The van der Waals surface area contributed by atoms with Gasteiger partial charge in [0.2, 0.25) is 0 Å². The van der Waals surface area contributed by atoms with Gasteiger partial charge in [0.25, 0.3) is 0 Å². The Morgan fingerprint density at radius 2 is 1.70 bits per heavy atom. The molecule has 0 spiro atoms. The smallest absolute Gasteiger partial charge is 0.0172 e. The lowest BCUT2D eigenvalue weighted by Gasteiger charge is -2.02. The van der Waals surface area contributed by atoms with Crippen molar-refractivity contribution in [2.24, 2.45) is 0 Å². The number of benzene rings is 1. The zero-order chi connectivity index (χ0) is 7.56. The van der Waals surface area contributed by atoms with Crippen molar-refractivity contribution < 1.29 is 0 Å². The molecule has 1 aromatic rings. The summed E-state index contributed by atoms with van der Waals surface area (Å²) in [7, 11) is 0. The first-order valence-electron chi connectivity index (χ1n) is 2.98. The predicted octanol–water partition coefficient (Wildman–Crippen LogP) is 3.27. The van der Waals surface area contributed by atoms with E-state index in [0.29, 0.717) is 0 Å². The zero-order valence-corrected chi connectivity index (χ0v) is 9.72. The van der Waals surface area contributed by atoms with Gasteiger partial charge < -0.3 is 0 Å². The minimum atomic E-state index is 0.886. The molecule has 0 aromatic heterocycles. The topological polar surface area (TPSA) is 0 Å². The molecule has 0 saturated carbocycles. The van der Waals surface area contributed by atoms with E-state index in [4.69, 9.17) is 0 Å². The maximum atomic E-state index is 3.87. The van der Waals surface area contributed by atoms with Crippen LogP contribution >= 0.6 is 45.2 Å². The molecule has 0 atom stereocenters. The summed E-state index contributed by atoms with van der Waals surface area (Å²) in [6.45, 7) is 3.87. The molecule has 0 bridgehead atoms. The molecule has 1 aromatic carbocycles. The van der Waals surface area contributed by atoms with Gasteiger partial charge in [0.1, 0.15) is 0 Å². The molecule has 0 nitrogen and oxygen atoms in total. The van der Waals surface area contributed by atoms with E-state index in [1.165, 1.54) is 12.7 Å². The van der Waals surface area contributed by atoms with Crippen molar-refractivity contribution in [1.29, 1.82) is 0 Å². The number of rotatable bonds is 1. The van der Waals surface area contributed by atoms with Gasteiger partial charge in [-0.3, -0.25) is 0 Å². The molecule has 0 aliphatic rings. The standard InChI is InChI=1S/C8H7I2/c1-2-6-7(9)4-3-5-8(6)10/h3-5H,1-2H2. The summed E-state index contributed by atoms with van der Waals surface area (Å²) in [6.07, 6.45) is 0.886. The monoisotopic (exact) mass is 357 g/mol. The van der Waals surface area contributed by atoms with Crippen molar-refractivity contribution in [2.45, 2.75) is 6.42 Å². The number of halogens is 2. The molecule has 0 N–H and O–H groups in total. The third-order valence-electron chi connectivity index (χ3n) is 1.31. The van der Waals surface area contributed by atoms with E-state index in [2.05, 4.69) is 70.3 Å². The quantitative estimate of drug-likeness (QED) is 0.677. The Hall–Kier alpha value is 0.680. The van der Waals surface area contributed by atoms with Gasteiger partial charge >= 0.3 is 0 Å². The Kier molecular flexibility index (Phi) is 3.42. The van der Waals surface area contributed by atoms with Crippen LogP contribution in [0.1, 0.15) is 5.56 Å². The van der Waals surface area contributed by atoms with Gasteiger partial charge in [-0.15, -0.1) is 0 Å². The molecule has 53 valence electrons. The van der Waals surface area contributed by atoms with Crippen LogP contribution in [0.3, 0.4) is 0 Å². The molecule has 0 saturated heterocycles. The van der Waals surface area contributed by atoms with Crippen molar-refractivity contribution in [2.75, 3.05) is 0 Å². The SMILES string of the molecule is [CH2]Cc1c(I)cccc1I. The molecule has 1 radical (unpaired) electrons. The summed E-state index contributed by atoms with van der Waals surface area (Å²) in [5.41, 5.74) is 1.36. The molecular formula is C8H7I2. The van der Waals surface area contributed by atoms with Crippen molar-refractivity contribution in [1.82, 2.24) is 0 Å². The van der Waals surface area contributed by atoms with E-state index >= 15 is 0 Å². The van der Waals surface area contributed by atoms with E-state index in [-0.39, 0.29) is 0 Å². The first-order valence-corrected chi connectivity index (χ1v) is 5.13. The van der Waals surface area contributed by atoms with Gasteiger partial charge in [0.05, 0.1) is 0 Å². The molecule has 10 heavy (non-hydrogen) atoms. The van der Waals surface area contributed by atoms with Crippen molar-refractivity contribution in [3.05, 3.63) is 37.8 Å². The molecule has 1 rings (SSSR count). The summed E-state index contributed by atoms with van der Waals surface area (Å²) in [5.74, 6) is 0. The lowest BCUT2D eigenvalue weighted by atomic mass is 10.2. The van der Waals surface area contributed by atoms with Gasteiger partial charge in [-0.25, -0.2) is 0 Å². The average molecular weight is 357 g/mol. The van der Waals surface area contributed by atoms with Gasteiger partial charge in [-0.05, 0) is 76.2 Å². The summed E-state index contributed by atoms with van der Waals surface area (Å²) in [5, 5.41) is 0. The molecule has 0 amide bonds. The Morgan fingerprint density at radius 1 is 1.20 bits per heavy atom. The highest BCUT2D eigenvalue weighted by atomic mass is 127. The minimum Gasteiger partial charge on any atom is -0.0601 e. The van der Waals surface area contributed by atoms with Gasteiger partial charge in [-0.2, -0.15) is 0 Å². The largest absolute Gasteiger partial charge is 0.0601 e. The van der Waals surface area contributed by atoms with Crippen LogP contribution in [0.5, 0.6) is 0 Å². The van der Waals surface area contributed by atoms with Crippen LogP contribution < -0.4 is 0 Å². The summed E-state index contributed by atoms with van der Waals surface area (Å²) in [4.78, 5) is 0. The van der Waals surface area contributed by atoms with Crippen LogP contribution in [0.15, 0.2) is 18.2 Å². The normalized spacial score (nSPS) is 9.90. The molecule has 2 heteroatoms. The first kappa shape index (κ1) is 8.77. The van der Waals surface area contributed by atoms with Crippen molar-refractivity contribution in [3.63, 3.8) is 0 Å². The van der Waals surface area contributed by atoms with Crippen molar-refractivity contribution in [3.8, 4) is 0 Å². The fraction of sp³-hybridized carbons (Fsp3) is 0.125. The summed E-state index contributed by atoms with van der Waals surface area (Å²) in [6, 6.07) is 6.30. The Balaban J connectivity index is 3.17. The van der Waals surface area contributed by atoms with E-state index in [0.717, 1.165) is 6.42 Å². The highest BCUT2D eigenvalue weighted by Crippen LogP contribution is 2.18. The zero-order valence-electron chi connectivity index (χ0n) is 5.40. The Bertz CT molecular complexity index is 210. The molecule has 0 fully saturated rings. The summed E-state index contributed by atoms with van der Waals surface area (Å²) < 4.78 is 2.64. The minimum absolute atomic E-state index is 0.886. The van der Waals surface area contributed by atoms with Gasteiger partial charge in [0.15, 0.2) is 0 Å². The lowest BCUT2D eigenvalue weighted by Crippen LogP contribution is -1.89. The number of hydrogen-bond donors (Lipinski definition) is 0. The van der Waals surface area contributed by atoms with Crippen LogP contribution in [0.4, 0.5) is 0 Å². The fourth-order valence-electron chi connectivity index (χ4n) is 0.771. The summed E-state index contributed by atoms with van der Waals surface area (Å²) >= 11 is 4.68. The second-order valence-corrected chi connectivity index (χ2v) is 4.27. The highest BCUT2D eigenvalue weighted by molar-refractivity contribution is 14.1. The van der Waals surface area contributed by atoms with E-state index < -0.39 is 0 Å². The first-order chi connectivity index (χ1) is 4.75. The van der Waals surface area contributed by atoms with Gasteiger partial charge in [0, 0.05) is 7.14 Å². The van der Waals surface area contributed by atoms with E-state index in [9.17, 15) is 0 Å². The second-order valence-electron chi connectivity index (χ2n) is 1.95. The highest BCUT2D eigenvalue weighted by Gasteiger charge is 1.99. The second kappa shape index (κ2) is 3.90. The fourth-order valence-corrected chi connectivity index (χ4v) is 2.82. The van der Waals surface area contributed by atoms with Gasteiger partial charge in [-0.1, -0.05) is 6.07 Å². The van der Waals surface area contributed by atoms with E-state index in [1.54, 1.807) is 0 Å². The van der Waals surface area contributed by atoms with Crippen molar-refractivity contribution >= 4 is 45.2 Å². The van der Waals surface area contributed by atoms with Crippen LogP contribution in [0.25, 0.3) is 0 Å². The molecule has 0 unspecified atom stereocenters. The molecule has 0 aliphatic carbocycles. The molecular weight excluding hydrogens is 350 g/mol. The number of hydrogen-bond acceptors (Lipinski definition) is 0. The van der Waals surface area contributed by atoms with E-state index in [1.807, 2.05) is 0 Å². The third-order valence-corrected chi connectivity index (χ3v) is 3.33. The van der Waals surface area contributed by atoms with Crippen LogP contribution in [0.2, 0.25) is 0 Å². The van der Waals surface area contributed by atoms with Crippen LogP contribution in [-0.2, 0) is 6.42 Å². The van der Waals surface area contributed by atoms with Crippen LogP contribution in [0, 0.1) is 14.1 Å². The maximum Gasteiger partial charge on any atom is 0.0172 e. The average Bonchev–Trinajstić information content (AvgIpc) is 1.88. The molecule has 0 aliphatic heterocycles. The van der Waals surface area contributed by atoms with Crippen LogP contribution in [-0.4, -0.2) is 0 Å². The lowest BCUT2D eigenvalue weighted by molar-refractivity contribution is 1.23. The Labute approximate surface area is 88.7 Å².